The molecule has 1 aliphatic heterocycles. The van der Waals surface area contributed by atoms with Crippen LogP contribution in [0.4, 0.5) is 0 Å². The Morgan fingerprint density at radius 1 is 0.880 bits per heavy atom. The smallest absolute Gasteiger partial charge is 0.169 e. The van der Waals surface area contributed by atoms with E-state index in [1.807, 2.05) is 36.4 Å². The number of halogens is 1. The van der Waals surface area contributed by atoms with Crippen LogP contribution in [-0.4, -0.2) is 10.2 Å². The maximum absolute atomic E-state index is 6.02. The first-order valence-electron chi connectivity index (χ1n) is 7.99. The summed E-state index contributed by atoms with van der Waals surface area (Å²) in [6.07, 6.45) is 11.5. The Bertz CT molecular complexity index is 894. The fourth-order valence-electron chi connectivity index (χ4n) is 2.68. The van der Waals surface area contributed by atoms with Crippen LogP contribution in [-0.2, 0) is 9.47 Å². The summed E-state index contributed by atoms with van der Waals surface area (Å²) < 4.78 is 11.5. The molecular formula is C20H15ClN2O2. The molecule has 2 aromatic rings. The zero-order valence-corrected chi connectivity index (χ0v) is 14.1. The lowest BCUT2D eigenvalue weighted by Crippen LogP contribution is -2.03. The molecule has 0 amide bonds. The highest BCUT2D eigenvalue weighted by molar-refractivity contribution is 6.29. The average molecular weight is 351 g/mol. The van der Waals surface area contributed by atoms with E-state index >= 15 is 0 Å². The van der Waals surface area contributed by atoms with E-state index in [1.54, 1.807) is 18.6 Å². The summed E-state index contributed by atoms with van der Waals surface area (Å²) in [6, 6.07) is 11.4. The van der Waals surface area contributed by atoms with Crippen molar-refractivity contribution in [2.75, 3.05) is 0 Å². The third kappa shape index (κ3) is 3.49. The molecule has 0 N–H and O–H groups in total. The zero-order valence-electron chi connectivity index (χ0n) is 13.4. The van der Waals surface area contributed by atoms with E-state index in [4.69, 9.17) is 21.1 Å². The van der Waals surface area contributed by atoms with Gasteiger partial charge in [0.2, 0.25) is 0 Å². The topological polar surface area (TPSA) is 44.2 Å². The first-order valence-corrected chi connectivity index (χ1v) is 8.37. The van der Waals surface area contributed by atoms with Crippen molar-refractivity contribution in [2.24, 2.45) is 0 Å². The van der Waals surface area contributed by atoms with Gasteiger partial charge in [0.05, 0.1) is 5.69 Å². The second-order valence-corrected chi connectivity index (χ2v) is 6.07. The Labute approximate surface area is 150 Å². The summed E-state index contributed by atoms with van der Waals surface area (Å²) in [5.74, 6) is 1.44. The van der Waals surface area contributed by atoms with Crippen molar-refractivity contribution in [3.8, 4) is 11.3 Å². The highest BCUT2D eigenvalue weighted by Gasteiger charge is 2.16. The minimum Gasteiger partial charge on any atom is -0.465 e. The molecule has 0 saturated carbocycles. The molecule has 0 saturated heterocycles. The number of benzene rings is 1. The van der Waals surface area contributed by atoms with Crippen molar-refractivity contribution in [3.63, 3.8) is 0 Å². The molecule has 1 aromatic heterocycles. The van der Waals surface area contributed by atoms with E-state index in [1.165, 1.54) is 0 Å². The van der Waals surface area contributed by atoms with Crippen LogP contribution < -0.4 is 0 Å². The molecule has 0 bridgehead atoms. The van der Waals surface area contributed by atoms with Crippen LogP contribution >= 0.6 is 11.6 Å². The summed E-state index contributed by atoms with van der Waals surface area (Å²) >= 11 is 5.78. The van der Waals surface area contributed by atoms with Gasteiger partial charge in [0.1, 0.15) is 12.5 Å². The van der Waals surface area contributed by atoms with Crippen molar-refractivity contribution in [1.29, 1.82) is 0 Å². The van der Waals surface area contributed by atoms with E-state index < -0.39 is 0 Å². The van der Waals surface area contributed by atoms with Crippen molar-refractivity contribution in [3.05, 3.63) is 89.2 Å². The number of hydrogen-bond donors (Lipinski definition) is 0. The van der Waals surface area contributed by atoms with Gasteiger partial charge in [0, 0.05) is 11.1 Å². The summed E-state index contributed by atoms with van der Waals surface area (Å²) in [7, 11) is 0. The molecule has 0 radical (unpaired) electrons. The first-order chi connectivity index (χ1) is 12.3. The summed E-state index contributed by atoms with van der Waals surface area (Å²) in [5.41, 5.74) is 3.80. The van der Waals surface area contributed by atoms with E-state index in [0.29, 0.717) is 10.9 Å². The van der Waals surface area contributed by atoms with E-state index in [9.17, 15) is 0 Å². The van der Waals surface area contributed by atoms with Crippen molar-refractivity contribution >= 4 is 17.4 Å². The van der Waals surface area contributed by atoms with E-state index in [-0.39, 0.29) is 0 Å². The third-order valence-corrected chi connectivity index (χ3v) is 4.20. The molecule has 4 rings (SSSR count). The van der Waals surface area contributed by atoms with Gasteiger partial charge in [-0.05, 0) is 30.5 Å². The maximum Gasteiger partial charge on any atom is 0.169 e. The van der Waals surface area contributed by atoms with Gasteiger partial charge in [-0.1, -0.05) is 54.1 Å². The molecule has 2 heterocycles. The van der Waals surface area contributed by atoms with Crippen molar-refractivity contribution in [2.45, 2.75) is 12.8 Å². The van der Waals surface area contributed by atoms with Gasteiger partial charge in [-0.3, -0.25) is 0 Å². The summed E-state index contributed by atoms with van der Waals surface area (Å²) in [6.45, 7) is 0. The fourth-order valence-corrected chi connectivity index (χ4v) is 2.78. The lowest BCUT2D eigenvalue weighted by atomic mass is 10.0. The van der Waals surface area contributed by atoms with Crippen LogP contribution in [0.25, 0.3) is 17.0 Å². The van der Waals surface area contributed by atoms with Gasteiger partial charge >= 0.3 is 0 Å². The van der Waals surface area contributed by atoms with Crippen LogP contribution in [0.3, 0.4) is 0 Å². The molecule has 0 atom stereocenters. The van der Waals surface area contributed by atoms with Gasteiger partial charge in [0.25, 0.3) is 0 Å². The van der Waals surface area contributed by atoms with Gasteiger partial charge in [-0.2, -0.15) is 0 Å². The monoisotopic (exact) mass is 350 g/mol. The molecular weight excluding hydrogens is 336 g/mol. The lowest BCUT2D eigenvalue weighted by molar-refractivity contribution is 0.285. The number of hydrogen-bond acceptors (Lipinski definition) is 4. The molecule has 0 spiro atoms. The molecule has 0 fully saturated rings. The van der Waals surface area contributed by atoms with Gasteiger partial charge in [-0.25, -0.2) is 0 Å². The minimum absolute atomic E-state index is 0.379. The number of rotatable bonds is 3. The standard InChI is InChI=1S/C20H15ClN2O2/c21-20-11-10-17(22-23-20)14-6-8-16(9-7-14)19-13-24-12-18(25-19)15-4-2-1-3-5-15/h1-2,4,6-13H,3,5H2. The van der Waals surface area contributed by atoms with Crippen LogP contribution in [0.2, 0.25) is 5.15 Å². The largest absolute Gasteiger partial charge is 0.465 e. The zero-order chi connectivity index (χ0) is 17.1. The highest BCUT2D eigenvalue weighted by Crippen LogP contribution is 2.31. The Morgan fingerprint density at radius 2 is 1.68 bits per heavy atom. The molecule has 1 aromatic carbocycles. The van der Waals surface area contributed by atoms with Gasteiger partial charge in [0.15, 0.2) is 16.7 Å². The maximum atomic E-state index is 6.02. The number of ether oxygens (including phenoxy) is 2. The fraction of sp³-hybridized carbons (Fsp3) is 0.100. The quantitative estimate of drug-likeness (QED) is 0.757. The van der Waals surface area contributed by atoms with Crippen molar-refractivity contribution < 1.29 is 9.47 Å². The first kappa shape index (κ1) is 15.7. The van der Waals surface area contributed by atoms with Crippen LogP contribution in [0.5, 0.6) is 0 Å². The van der Waals surface area contributed by atoms with E-state index in [2.05, 4.69) is 22.3 Å². The van der Waals surface area contributed by atoms with Gasteiger partial charge < -0.3 is 9.47 Å². The average Bonchev–Trinajstić information content (AvgIpc) is 2.70. The SMILES string of the molecule is Clc1ccc(-c2ccc(C3=COC=C(C4=CC=CCC4)O3)cc2)nn1. The molecule has 0 unspecified atom stereocenters. The highest BCUT2D eigenvalue weighted by atomic mass is 35.5. The number of nitrogens with zero attached hydrogens (tertiary/aromatic N) is 2. The van der Waals surface area contributed by atoms with Crippen LogP contribution in [0, 0.1) is 0 Å². The van der Waals surface area contributed by atoms with Crippen LogP contribution in [0.1, 0.15) is 18.4 Å². The third-order valence-electron chi connectivity index (χ3n) is 4.00. The van der Waals surface area contributed by atoms with Crippen molar-refractivity contribution in [1.82, 2.24) is 10.2 Å². The predicted molar refractivity (Wildman–Crippen MR) is 97.2 cm³/mol. The van der Waals surface area contributed by atoms with E-state index in [0.717, 1.165) is 41.0 Å². The Kier molecular flexibility index (Phi) is 4.36. The molecule has 2 aliphatic rings. The Hall–Kier alpha value is -2.85. The normalized spacial score (nSPS) is 16.3. The second kappa shape index (κ2) is 6.95. The molecule has 5 heteroatoms. The predicted octanol–water partition coefficient (Wildman–Crippen LogP) is 5.26. The summed E-state index contributed by atoms with van der Waals surface area (Å²) in [5, 5.41) is 8.34. The number of aromatic nitrogens is 2. The van der Waals surface area contributed by atoms with Crippen LogP contribution in [0.15, 0.2) is 78.5 Å². The molecule has 124 valence electrons. The Morgan fingerprint density at radius 3 is 2.40 bits per heavy atom. The number of allylic oxidation sites excluding steroid dienone is 4. The second-order valence-electron chi connectivity index (χ2n) is 5.68. The van der Waals surface area contributed by atoms with Gasteiger partial charge in [-0.15, -0.1) is 10.2 Å². The summed E-state index contributed by atoms with van der Waals surface area (Å²) in [4.78, 5) is 0. The molecule has 1 aliphatic carbocycles. The molecule has 25 heavy (non-hydrogen) atoms. The Balaban J connectivity index is 1.52. The minimum atomic E-state index is 0.379. The molecule has 4 nitrogen and oxygen atoms in total. The lowest BCUT2D eigenvalue weighted by Gasteiger charge is -2.19.